The van der Waals surface area contributed by atoms with Crippen molar-refractivity contribution in [2.45, 2.75) is 37.2 Å². The molecule has 6 nitrogen and oxygen atoms in total. The molecular formula is C15H17N3O3S2. The fourth-order valence-electron chi connectivity index (χ4n) is 3.24. The highest BCUT2D eigenvalue weighted by atomic mass is 32.2. The van der Waals surface area contributed by atoms with Crippen LogP contribution in [0.4, 0.5) is 0 Å². The van der Waals surface area contributed by atoms with Crippen LogP contribution < -0.4 is 0 Å². The van der Waals surface area contributed by atoms with Gasteiger partial charge in [0.2, 0.25) is 11.8 Å². The van der Waals surface area contributed by atoms with E-state index in [1.807, 2.05) is 6.07 Å². The molecule has 1 N–H and O–H groups in total. The van der Waals surface area contributed by atoms with E-state index in [9.17, 15) is 9.90 Å². The molecule has 4 heterocycles. The van der Waals surface area contributed by atoms with E-state index in [2.05, 4.69) is 15.5 Å². The Bertz CT molecular complexity index is 729. The van der Waals surface area contributed by atoms with E-state index in [1.165, 1.54) is 4.88 Å². The van der Waals surface area contributed by atoms with Gasteiger partial charge in [-0.15, -0.1) is 23.1 Å². The Labute approximate surface area is 141 Å². The van der Waals surface area contributed by atoms with Gasteiger partial charge in [0.05, 0.1) is 6.10 Å². The molecule has 1 fully saturated rings. The standard InChI is InChI=1S/C15H17N3O3S2/c1-8-16-14(21-17-8)11-6-9(19)7-18(11)15(20)13-10-2-4-22-12(10)3-5-23-13/h2,4,9,11,13,19H,3,5-7H2,1H3/t9-,11-,13+/m1/s1. The van der Waals surface area contributed by atoms with Crippen LogP contribution in [0.2, 0.25) is 0 Å². The molecule has 8 heteroatoms. The molecule has 122 valence electrons. The average Bonchev–Trinajstić information content (AvgIpc) is 3.24. The molecule has 2 aromatic heterocycles. The van der Waals surface area contributed by atoms with Gasteiger partial charge in [-0.2, -0.15) is 4.98 Å². The van der Waals surface area contributed by atoms with Crippen molar-refractivity contribution in [1.29, 1.82) is 0 Å². The molecule has 0 bridgehead atoms. The number of amides is 1. The summed E-state index contributed by atoms with van der Waals surface area (Å²) >= 11 is 3.39. The van der Waals surface area contributed by atoms with Gasteiger partial charge in [0.1, 0.15) is 11.3 Å². The third-order valence-corrected chi connectivity index (χ3v) is 6.52. The van der Waals surface area contributed by atoms with E-state index in [4.69, 9.17) is 4.52 Å². The van der Waals surface area contributed by atoms with Crippen LogP contribution >= 0.6 is 23.1 Å². The van der Waals surface area contributed by atoms with Gasteiger partial charge >= 0.3 is 0 Å². The molecule has 0 radical (unpaired) electrons. The van der Waals surface area contributed by atoms with Crippen LogP contribution in [0.5, 0.6) is 0 Å². The van der Waals surface area contributed by atoms with Crippen molar-refractivity contribution in [2.24, 2.45) is 0 Å². The second-order valence-electron chi connectivity index (χ2n) is 5.88. The fraction of sp³-hybridized carbons (Fsp3) is 0.533. The first-order chi connectivity index (χ1) is 11.1. The number of thiophene rings is 1. The molecule has 2 aromatic rings. The minimum absolute atomic E-state index is 0.0340. The highest BCUT2D eigenvalue weighted by Crippen LogP contribution is 2.43. The third-order valence-electron chi connectivity index (χ3n) is 4.29. The average molecular weight is 351 g/mol. The van der Waals surface area contributed by atoms with Crippen LogP contribution in [0.3, 0.4) is 0 Å². The van der Waals surface area contributed by atoms with E-state index in [1.54, 1.807) is 34.9 Å². The number of rotatable bonds is 2. The van der Waals surface area contributed by atoms with Crippen molar-refractivity contribution < 1.29 is 14.4 Å². The quantitative estimate of drug-likeness (QED) is 0.893. The van der Waals surface area contributed by atoms with E-state index >= 15 is 0 Å². The number of aliphatic hydroxyl groups is 1. The van der Waals surface area contributed by atoms with Gasteiger partial charge in [-0.25, -0.2) is 0 Å². The van der Waals surface area contributed by atoms with Crippen molar-refractivity contribution in [3.05, 3.63) is 33.6 Å². The van der Waals surface area contributed by atoms with Crippen LogP contribution in [-0.4, -0.2) is 44.5 Å². The van der Waals surface area contributed by atoms with Gasteiger partial charge in [-0.05, 0) is 36.1 Å². The summed E-state index contributed by atoms with van der Waals surface area (Å²) < 4.78 is 5.25. The van der Waals surface area contributed by atoms with Crippen LogP contribution in [0.15, 0.2) is 16.0 Å². The first kappa shape index (κ1) is 15.2. The van der Waals surface area contributed by atoms with Crippen molar-refractivity contribution in [2.75, 3.05) is 12.3 Å². The summed E-state index contributed by atoms with van der Waals surface area (Å²) in [4.78, 5) is 20.4. The zero-order chi connectivity index (χ0) is 16.0. The van der Waals surface area contributed by atoms with E-state index in [0.717, 1.165) is 17.7 Å². The molecule has 0 aromatic carbocycles. The van der Waals surface area contributed by atoms with Crippen LogP contribution in [-0.2, 0) is 11.2 Å². The van der Waals surface area contributed by atoms with E-state index in [0.29, 0.717) is 24.7 Å². The Kier molecular flexibility index (Phi) is 3.90. The second kappa shape index (κ2) is 5.92. The number of thioether (sulfide) groups is 1. The van der Waals surface area contributed by atoms with Crippen molar-refractivity contribution in [1.82, 2.24) is 15.0 Å². The first-order valence-electron chi connectivity index (χ1n) is 7.60. The largest absolute Gasteiger partial charge is 0.391 e. The lowest BCUT2D eigenvalue weighted by atomic mass is 10.1. The minimum Gasteiger partial charge on any atom is -0.391 e. The summed E-state index contributed by atoms with van der Waals surface area (Å²) in [6.45, 7) is 2.07. The molecule has 0 spiro atoms. The van der Waals surface area contributed by atoms with Gasteiger partial charge in [0.25, 0.3) is 0 Å². The maximum absolute atomic E-state index is 13.1. The molecule has 0 aliphatic carbocycles. The molecule has 0 unspecified atom stereocenters. The summed E-state index contributed by atoms with van der Waals surface area (Å²) in [7, 11) is 0. The Morgan fingerprint density at radius 2 is 2.39 bits per heavy atom. The summed E-state index contributed by atoms with van der Waals surface area (Å²) in [5.74, 6) is 1.94. The third kappa shape index (κ3) is 2.68. The van der Waals surface area contributed by atoms with Crippen molar-refractivity contribution in [3.8, 4) is 0 Å². The summed E-state index contributed by atoms with van der Waals surface area (Å²) in [6, 6.07) is 1.72. The maximum atomic E-state index is 13.1. The highest BCUT2D eigenvalue weighted by Gasteiger charge is 2.42. The van der Waals surface area contributed by atoms with Gasteiger partial charge in [0.15, 0.2) is 5.82 Å². The van der Waals surface area contributed by atoms with E-state index in [-0.39, 0.29) is 17.2 Å². The zero-order valence-electron chi connectivity index (χ0n) is 12.6. The van der Waals surface area contributed by atoms with Crippen LogP contribution in [0.1, 0.15) is 39.9 Å². The molecule has 23 heavy (non-hydrogen) atoms. The molecule has 1 amide bonds. The number of carbonyl (C=O) groups excluding carboxylic acids is 1. The van der Waals surface area contributed by atoms with E-state index < -0.39 is 6.10 Å². The van der Waals surface area contributed by atoms with Gasteiger partial charge in [-0.3, -0.25) is 4.79 Å². The molecule has 1 saturated heterocycles. The lowest BCUT2D eigenvalue weighted by molar-refractivity contribution is -0.132. The topological polar surface area (TPSA) is 79.5 Å². The molecular weight excluding hydrogens is 334 g/mol. The zero-order valence-corrected chi connectivity index (χ0v) is 14.3. The van der Waals surface area contributed by atoms with Crippen molar-refractivity contribution >= 4 is 29.0 Å². The predicted molar refractivity (Wildman–Crippen MR) is 87.3 cm³/mol. The SMILES string of the molecule is Cc1noc([C@H]2C[C@@H](O)CN2C(=O)[C@H]2SCCc3sccc32)n1. The van der Waals surface area contributed by atoms with Gasteiger partial charge < -0.3 is 14.5 Å². The van der Waals surface area contributed by atoms with Crippen molar-refractivity contribution in [3.63, 3.8) is 0 Å². The number of hydrogen-bond donors (Lipinski definition) is 1. The number of nitrogens with zero attached hydrogens (tertiary/aromatic N) is 3. The van der Waals surface area contributed by atoms with Gasteiger partial charge in [0, 0.05) is 17.8 Å². The molecule has 0 saturated carbocycles. The second-order valence-corrected chi connectivity index (χ2v) is 8.09. The first-order valence-corrected chi connectivity index (χ1v) is 9.53. The highest BCUT2D eigenvalue weighted by molar-refractivity contribution is 8.00. The number of aliphatic hydroxyl groups excluding tert-OH is 1. The predicted octanol–water partition coefficient (Wildman–Crippen LogP) is 2.10. The maximum Gasteiger partial charge on any atom is 0.249 e. The smallest absolute Gasteiger partial charge is 0.249 e. The number of carbonyl (C=O) groups is 1. The molecule has 2 aliphatic rings. The number of aryl methyl sites for hydroxylation is 2. The molecule has 3 atom stereocenters. The number of aromatic nitrogens is 2. The lowest BCUT2D eigenvalue weighted by Crippen LogP contribution is -2.36. The van der Waals surface area contributed by atoms with Crippen LogP contribution in [0, 0.1) is 6.92 Å². The van der Waals surface area contributed by atoms with Gasteiger partial charge in [-0.1, -0.05) is 5.16 Å². The fourth-order valence-corrected chi connectivity index (χ4v) is 5.60. The Balaban J connectivity index is 1.62. The monoisotopic (exact) mass is 351 g/mol. The summed E-state index contributed by atoms with van der Waals surface area (Å²) in [5.41, 5.74) is 1.12. The molecule has 2 aliphatic heterocycles. The number of likely N-dealkylation sites (tertiary alicyclic amines) is 1. The Hall–Kier alpha value is -1.38. The number of fused-ring (bicyclic) bond motifs is 1. The normalized spacial score (nSPS) is 27.2. The molecule has 4 rings (SSSR count). The number of hydrogen-bond acceptors (Lipinski definition) is 7. The Morgan fingerprint density at radius 1 is 1.52 bits per heavy atom. The van der Waals surface area contributed by atoms with Crippen LogP contribution in [0.25, 0.3) is 0 Å². The lowest BCUT2D eigenvalue weighted by Gasteiger charge is -2.28. The summed E-state index contributed by atoms with van der Waals surface area (Å²) in [5, 5.41) is 15.7. The Morgan fingerprint density at radius 3 is 3.17 bits per heavy atom. The minimum atomic E-state index is -0.549. The summed E-state index contributed by atoms with van der Waals surface area (Å²) in [6.07, 6.45) is 0.920. The number of β-amino-alcohol motifs (C(OH)–C–C–N with tert-alkyl or cyclic N) is 1.